The van der Waals surface area contributed by atoms with Crippen LogP contribution in [0.5, 0.6) is 5.75 Å². The van der Waals surface area contributed by atoms with Gasteiger partial charge < -0.3 is 15.4 Å². The van der Waals surface area contributed by atoms with E-state index in [1.54, 1.807) is 54.6 Å². The minimum atomic E-state index is -0.451. The van der Waals surface area contributed by atoms with Gasteiger partial charge in [0.15, 0.2) is 5.13 Å². The third-order valence-electron chi connectivity index (χ3n) is 4.31. The average molecular weight is 453 g/mol. The molecule has 0 fully saturated rings. The van der Waals surface area contributed by atoms with Gasteiger partial charge in [-0.15, -0.1) is 0 Å². The van der Waals surface area contributed by atoms with Crippen LogP contribution < -0.4 is 20.7 Å². The van der Waals surface area contributed by atoms with Gasteiger partial charge in [-0.25, -0.2) is 9.78 Å². The summed E-state index contributed by atoms with van der Waals surface area (Å²) in [7, 11) is 1.51. The summed E-state index contributed by atoms with van der Waals surface area (Å²) < 4.78 is 6.11. The van der Waals surface area contributed by atoms with Crippen LogP contribution in [0.3, 0.4) is 0 Å². The Morgan fingerprint density at radius 2 is 1.77 bits per heavy atom. The molecule has 156 valence electrons. The number of benzene rings is 3. The zero-order chi connectivity index (χ0) is 21.8. The van der Waals surface area contributed by atoms with Gasteiger partial charge in [0.1, 0.15) is 5.75 Å². The van der Waals surface area contributed by atoms with Crippen molar-refractivity contribution in [3.8, 4) is 5.75 Å². The number of nitrogens with zero attached hydrogens (tertiary/aromatic N) is 1. The summed E-state index contributed by atoms with van der Waals surface area (Å²) in [5.74, 6) is 0.265. The normalized spacial score (nSPS) is 10.5. The number of aromatic nitrogens is 1. The molecule has 0 aliphatic carbocycles. The number of hydrogen-bond donors (Lipinski definition) is 3. The molecule has 0 radical (unpaired) electrons. The summed E-state index contributed by atoms with van der Waals surface area (Å²) in [4.78, 5) is 29.2. The number of methoxy groups -OCH3 is 1. The maximum atomic E-state index is 12.4. The molecule has 0 unspecified atom stereocenters. The van der Waals surface area contributed by atoms with E-state index in [0.29, 0.717) is 38.4 Å². The Morgan fingerprint density at radius 1 is 0.968 bits per heavy atom. The topological polar surface area (TPSA) is 92.4 Å². The second-order valence-electron chi connectivity index (χ2n) is 6.45. The fraction of sp³-hybridized carbons (Fsp3) is 0.0455. The highest BCUT2D eigenvalue weighted by Crippen LogP contribution is 2.30. The van der Waals surface area contributed by atoms with Crippen molar-refractivity contribution in [2.75, 3.05) is 23.1 Å². The zero-order valence-electron chi connectivity index (χ0n) is 16.3. The fourth-order valence-corrected chi connectivity index (χ4v) is 3.89. The molecule has 0 saturated carbocycles. The van der Waals surface area contributed by atoms with Crippen LogP contribution in [-0.4, -0.2) is 24.0 Å². The molecule has 3 amide bonds. The predicted molar refractivity (Wildman–Crippen MR) is 125 cm³/mol. The maximum absolute atomic E-state index is 12.4. The molecule has 0 bridgehead atoms. The van der Waals surface area contributed by atoms with E-state index in [1.165, 1.54) is 18.4 Å². The number of fused-ring (bicyclic) bond motifs is 1. The van der Waals surface area contributed by atoms with Crippen molar-refractivity contribution in [3.05, 3.63) is 77.3 Å². The molecule has 4 rings (SSSR count). The summed E-state index contributed by atoms with van der Waals surface area (Å²) in [6, 6.07) is 18.7. The lowest BCUT2D eigenvalue weighted by atomic mass is 10.2. The van der Waals surface area contributed by atoms with Crippen LogP contribution >= 0.6 is 22.9 Å². The van der Waals surface area contributed by atoms with Gasteiger partial charge >= 0.3 is 6.03 Å². The number of anilines is 3. The Balaban J connectivity index is 1.46. The van der Waals surface area contributed by atoms with Gasteiger partial charge in [0, 0.05) is 16.3 Å². The molecule has 7 nitrogen and oxygen atoms in total. The van der Waals surface area contributed by atoms with Gasteiger partial charge in [0.25, 0.3) is 5.91 Å². The van der Waals surface area contributed by atoms with Gasteiger partial charge in [-0.1, -0.05) is 41.1 Å². The van der Waals surface area contributed by atoms with Crippen molar-refractivity contribution >= 4 is 61.6 Å². The van der Waals surface area contributed by atoms with E-state index in [1.807, 2.05) is 12.1 Å². The van der Waals surface area contributed by atoms with Crippen LogP contribution in [0, 0.1) is 0 Å². The lowest BCUT2D eigenvalue weighted by Gasteiger charge is -2.11. The third kappa shape index (κ3) is 4.93. The molecular weight excluding hydrogens is 436 g/mol. The number of urea groups is 1. The van der Waals surface area contributed by atoms with Crippen LogP contribution in [0.4, 0.5) is 21.3 Å². The molecule has 31 heavy (non-hydrogen) atoms. The Labute approximate surface area is 187 Å². The van der Waals surface area contributed by atoms with Crippen LogP contribution in [-0.2, 0) is 0 Å². The van der Waals surface area contributed by atoms with Crippen LogP contribution in [0.15, 0.2) is 66.7 Å². The number of ether oxygens (including phenoxy) is 1. The highest BCUT2D eigenvalue weighted by atomic mass is 35.5. The quantitative estimate of drug-likeness (QED) is 0.354. The van der Waals surface area contributed by atoms with Gasteiger partial charge in [-0.05, 0) is 48.5 Å². The molecule has 0 saturated heterocycles. The zero-order valence-corrected chi connectivity index (χ0v) is 17.9. The summed E-state index contributed by atoms with van der Waals surface area (Å²) in [5, 5.41) is 9.23. The van der Waals surface area contributed by atoms with Crippen molar-refractivity contribution in [3.63, 3.8) is 0 Å². The van der Waals surface area contributed by atoms with Crippen molar-refractivity contribution in [2.24, 2.45) is 0 Å². The molecule has 9 heteroatoms. The lowest BCUT2D eigenvalue weighted by molar-refractivity contribution is 0.102. The van der Waals surface area contributed by atoms with Gasteiger partial charge in [-0.3, -0.25) is 10.1 Å². The molecule has 4 aromatic rings. The lowest BCUT2D eigenvalue weighted by Crippen LogP contribution is -2.19. The monoisotopic (exact) mass is 452 g/mol. The minimum Gasteiger partial charge on any atom is -0.495 e. The number of carbonyl (C=O) groups is 2. The molecule has 3 N–H and O–H groups in total. The summed E-state index contributed by atoms with van der Waals surface area (Å²) in [6.07, 6.45) is 0. The Kier molecular flexibility index (Phi) is 6.01. The highest BCUT2D eigenvalue weighted by molar-refractivity contribution is 7.22. The molecule has 0 aliphatic heterocycles. The van der Waals surface area contributed by atoms with Crippen LogP contribution in [0.25, 0.3) is 10.2 Å². The molecule has 1 aromatic heterocycles. The number of thiazole rings is 1. The minimum absolute atomic E-state index is 0.229. The van der Waals surface area contributed by atoms with E-state index in [2.05, 4.69) is 20.9 Å². The van der Waals surface area contributed by atoms with Crippen LogP contribution in [0.2, 0.25) is 5.02 Å². The summed E-state index contributed by atoms with van der Waals surface area (Å²) in [5.41, 5.74) is 2.22. The van der Waals surface area contributed by atoms with Crippen molar-refractivity contribution in [2.45, 2.75) is 0 Å². The smallest absolute Gasteiger partial charge is 0.323 e. The van der Waals surface area contributed by atoms with Crippen molar-refractivity contribution in [1.29, 1.82) is 0 Å². The van der Waals surface area contributed by atoms with E-state index in [0.717, 1.165) is 4.70 Å². The predicted octanol–water partition coefficient (Wildman–Crippen LogP) is 5.85. The largest absolute Gasteiger partial charge is 0.495 e. The second-order valence-corrected chi connectivity index (χ2v) is 7.91. The standard InChI is InChI=1S/C22H17ClN4O3S/c1-30-18-9-7-14(23)11-16(18)25-21(29)24-15-8-10-19-17(12-15)26-22(31-19)27-20(28)13-5-3-2-4-6-13/h2-12H,1H3,(H2,24,25,29)(H,26,27,28). The Morgan fingerprint density at radius 3 is 2.55 bits per heavy atom. The summed E-state index contributed by atoms with van der Waals surface area (Å²) in [6.45, 7) is 0. The van der Waals surface area contributed by atoms with Gasteiger partial charge in [0.05, 0.1) is 23.0 Å². The second kappa shape index (κ2) is 9.03. The van der Waals surface area contributed by atoms with Gasteiger partial charge in [0.2, 0.25) is 0 Å². The van der Waals surface area contributed by atoms with E-state index in [9.17, 15) is 9.59 Å². The number of amides is 3. The molecule has 0 aliphatic rings. The van der Waals surface area contributed by atoms with Crippen LogP contribution in [0.1, 0.15) is 10.4 Å². The third-order valence-corrected chi connectivity index (χ3v) is 5.50. The van der Waals surface area contributed by atoms with E-state index in [4.69, 9.17) is 16.3 Å². The molecule has 3 aromatic carbocycles. The first-order valence-corrected chi connectivity index (χ1v) is 10.4. The molecule has 0 atom stereocenters. The molecular formula is C22H17ClN4O3S. The van der Waals surface area contributed by atoms with E-state index >= 15 is 0 Å². The fourth-order valence-electron chi connectivity index (χ4n) is 2.88. The number of carbonyl (C=O) groups excluding carboxylic acids is 2. The van der Waals surface area contributed by atoms with E-state index in [-0.39, 0.29) is 5.91 Å². The highest BCUT2D eigenvalue weighted by Gasteiger charge is 2.12. The van der Waals surface area contributed by atoms with Crippen molar-refractivity contribution in [1.82, 2.24) is 4.98 Å². The van der Waals surface area contributed by atoms with Gasteiger partial charge in [-0.2, -0.15) is 0 Å². The summed E-state index contributed by atoms with van der Waals surface area (Å²) >= 11 is 7.35. The van der Waals surface area contributed by atoms with E-state index < -0.39 is 6.03 Å². The number of hydrogen-bond acceptors (Lipinski definition) is 5. The first-order valence-electron chi connectivity index (χ1n) is 9.20. The molecule has 0 spiro atoms. The first-order chi connectivity index (χ1) is 15.0. The SMILES string of the molecule is COc1ccc(Cl)cc1NC(=O)Nc1ccc2sc(NC(=O)c3ccccc3)nc2c1. The maximum Gasteiger partial charge on any atom is 0.323 e. The Hall–Kier alpha value is -3.62. The first kappa shape index (κ1) is 20.6. The number of halogens is 1. The Bertz CT molecular complexity index is 1260. The number of nitrogens with one attached hydrogen (secondary N) is 3. The number of rotatable bonds is 5. The van der Waals surface area contributed by atoms with Crippen molar-refractivity contribution < 1.29 is 14.3 Å². The molecule has 1 heterocycles. The average Bonchev–Trinajstić information content (AvgIpc) is 3.16.